The monoisotopic (exact) mass is 387 g/mol. The third-order valence-corrected chi connectivity index (χ3v) is 5.42. The van der Waals surface area contributed by atoms with Gasteiger partial charge >= 0.3 is 0 Å². The summed E-state index contributed by atoms with van der Waals surface area (Å²) in [5.74, 6) is 3.15. The summed E-state index contributed by atoms with van der Waals surface area (Å²) in [5, 5.41) is 6.88. The van der Waals surface area contributed by atoms with E-state index in [0.717, 1.165) is 49.0 Å². The molecule has 0 aromatic carbocycles. The van der Waals surface area contributed by atoms with Gasteiger partial charge in [0.2, 0.25) is 11.8 Å². The van der Waals surface area contributed by atoms with E-state index in [9.17, 15) is 0 Å². The van der Waals surface area contributed by atoms with Crippen LogP contribution in [0.4, 0.5) is 11.5 Å². The second-order valence-corrected chi connectivity index (χ2v) is 7.20. The van der Waals surface area contributed by atoms with E-state index in [1.807, 2.05) is 6.20 Å². The molecule has 0 amide bonds. The van der Waals surface area contributed by atoms with Crippen molar-refractivity contribution in [3.05, 3.63) is 35.7 Å². The Morgan fingerprint density at radius 1 is 1.14 bits per heavy atom. The maximum Gasteiger partial charge on any atom is 0.240 e. The number of nitrogens with zero attached hydrogens (tertiary/aromatic N) is 3. The summed E-state index contributed by atoms with van der Waals surface area (Å²) < 4.78 is 11.3. The first-order valence-corrected chi connectivity index (χ1v) is 10.2. The molecule has 28 heavy (non-hydrogen) atoms. The highest BCUT2D eigenvalue weighted by atomic mass is 16.5. The number of hydrogen-bond acceptors (Lipinski definition) is 7. The van der Waals surface area contributed by atoms with Crippen molar-refractivity contribution in [2.75, 3.05) is 37.1 Å². The average Bonchev–Trinajstić information content (AvgIpc) is 3.26. The van der Waals surface area contributed by atoms with E-state index in [0.29, 0.717) is 17.8 Å². The molecule has 1 aromatic heterocycles. The topological polar surface area (TPSA) is 61.9 Å². The van der Waals surface area contributed by atoms with Gasteiger partial charge in [0.05, 0.1) is 14.2 Å². The second-order valence-electron chi connectivity index (χ2n) is 7.20. The molecule has 0 radical (unpaired) electrons. The van der Waals surface area contributed by atoms with E-state index in [-0.39, 0.29) is 0 Å². The second kappa shape index (κ2) is 9.08. The van der Waals surface area contributed by atoms with Crippen LogP contribution in [-0.4, -0.2) is 38.3 Å². The number of allylic oxidation sites excluding steroid dienone is 1. The smallest absolute Gasteiger partial charge is 0.240 e. The minimum Gasteiger partial charge on any atom is -0.480 e. The van der Waals surface area contributed by atoms with Crippen molar-refractivity contribution < 1.29 is 9.47 Å². The van der Waals surface area contributed by atoms with E-state index in [4.69, 9.17) is 14.5 Å². The maximum atomic E-state index is 5.70. The summed E-state index contributed by atoms with van der Waals surface area (Å²) >= 11 is 0. The normalized spacial score (nSPS) is 17.0. The van der Waals surface area contributed by atoms with Crippen molar-refractivity contribution >= 4 is 11.5 Å². The Labute approximate surface area is 168 Å². The lowest BCUT2D eigenvalue weighted by Gasteiger charge is -2.35. The van der Waals surface area contributed by atoms with Crippen LogP contribution < -0.4 is 25.2 Å². The van der Waals surface area contributed by atoms with Gasteiger partial charge < -0.3 is 25.0 Å². The molecule has 3 heterocycles. The number of pyridine rings is 1. The van der Waals surface area contributed by atoms with Crippen LogP contribution in [0.1, 0.15) is 46.5 Å². The molecule has 0 saturated carbocycles. The molecule has 1 aromatic rings. The number of anilines is 2. The largest absolute Gasteiger partial charge is 0.480 e. The Bertz CT molecular complexity index is 736. The van der Waals surface area contributed by atoms with Gasteiger partial charge in [0, 0.05) is 31.0 Å². The summed E-state index contributed by atoms with van der Waals surface area (Å²) in [6.07, 6.45) is 6.42. The average molecular weight is 388 g/mol. The molecule has 0 bridgehead atoms. The Hall–Kier alpha value is -2.57. The predicted octanol–water partition coefficient (Wildman–Crippen LogP) is 3.51. The first-order chi connectivity index (χ1) is 13.6. The summed E-state index contributed by atoms with van der Waals surface area (Å²) in [5.41, 5.74) is 1.92. The summed E-state index contributed by atoms with van der Waals surface area (Å²) in [4.78, 5) is 9.24. The molecule has 2 N–H and O–H groups in total. The lowest BCUT2D eigenvalue weighted by atomic mass is 10.1. The highest BCUT2D eigenvalue weighted by Crippen LogP contribution is 2.36. The van der Waals surface area contributed by atoms with Crippen molar-refractivity contribution in [2.45, 2.75) is 52.5 Å². The molecule has 7 nitrogen and oxygen atoms in total. The van der Waals surface area contributed by atoms with Gasteiger partial charge in [-0.25, -0.2) is 0 Å². The molecule has 0 aliphatic carbocycles. The first-order valence-electron chi connectivity index (χ1n) is 10.2. The fourth-order valence-corrected chi connectivity index (χ4v) is 3.73. The van der Waals surface area contributed by atoms with Crippen molar-refractivity contribution in [1.82, 2.24) is 15.6 Å². The van der Waals surface area contributed by atoms with E-state index in [1.54, 1.807) is 14.2 Å². The van der Waals surface area contributed by atoms with E-state index >= 15 is 0 Å². The van der Waals surface area contributed by atoms with E-state index in [2.05, 4.69) is 53.3 Å². The van der Waals surface area contributed by atoms with Crippen molar-refractivity contribution in [1.29, 1.82) is 0 Å². The lowest BCUT2D eigenvalue weighted by Crippen LogP contribution is -2.42. The minimum atomic E-state index is 0.346. The number of aromatic nitrogens is 1. The van der Waals surface area contributed by atoms with Crippen LogP contribution in [0.15, 0.2) is 35.7 Å². The van der Waals surface area contributed by atoms with Gasteiger partial charge in [-0.15, -0.1) is 0 Å². The van der Waals surface area contributed by atoms with Gasteiger partial charge in [0.1, 0.15) is 11.5 Å². The third kappa shape index (κ3) is 3.98. The number of ether oxygens (including phenoxy) is 2. The lowest BCUT2D eigenvalue weighted by molar-refractivity contribution is 0.257. The first kappa shape index (κ1) is 20.2. The number of rotatable bonds is 8. The SMILES string of the molecule is CCC(CC)NC1=C(OC)NC=C(C)N1c1ccc(N2CCCC2)nc1OC. The van der Waals surface area contributed by atoms with Crippen LogP contribution >= 0.6 is 0 Å². The standard InChI is InChI=1S/C21H33N5O2/c1-6-16(7-2)23-19-21(28-5)22-14-15(3)26(19)17-10-11-18(24-20(17)27-4)25-12-8-9-13-25/h10-11,14,16,22-23H,6-9,12-13H2,1-5H3. The molecule has 2 aliphatic rings. The van der Waals surface area contributed by atoms with Crippen LogP contribution in [0.3, 0.4) is 0 Å². The van der Waals surface area contributed by atoms with Crippen LogP contribution in [0, 0.1) is 0 Å². The summed E-state index contributed by atoms with van der Waals surface area (Å²) in [6.45, 7) is 8.53. The van der Waals surface area contributed by atoms with Crippen molar-refractivity contribution in [3.63, 3.8) is 0 Å². The summed E-state index contributed by atoms with van der Waals surface area (Å²) in [7, 11) is 3.35. The minimum absolute atomic E-state index is 0.346. The zero-order valence-corrected chi connectivity index (χ0v) is 17.7. The molecule has 3 rings (SSSR count). The molecule has 2 aliphatic heterocycles. The molecule has 0 unspecified atom stereocenters. The Morgan fingerprint density at radius 2 is 1.86 bits per heavy atom. The molecular formula is C21H33N5O2. The third-order valence-electron chi connectivity index (χ3n) is 5.42. The Morgan fingerprint density at radius 3 is 2.46 bits per heavy atom. The van der Waals surface area contributed by atoms with Gasteiger partial charge in [-0.2, -0.15) is 4.98 Å². The van der Waals surface area contributed by atoms with Crippen LogP contribution in [-0.2, 0) is 4.74 Å². The number of nitrogens with one attached hydrogen (secondary N) is 2. The predicted molar refractivity (Wildman–Crippen MR) is 113 cm³/mol. The van der Waals surface area contributed by atoms with Crippen LogP contribution in [0.2, 0.25) is 0 Å². The Kier molecular flexibility index (Phi) is 6.54. The molecule has 7 heteroatoms. The van der Waals surface area contributed by atoms with Gasteiger partial charge in [0.15, 0.2) is 5.82 Å². The molecule has 1 fully saturated rings. The van der Waals surface area contributed by atoms with Crippen LogP contribution in [0.25, 0.3) is 0 Å². The van der Waals surface area contributed by atoms with E-state index in [1.165, 1.54) is 12.8 Å². The van der Waals surface area contributed by atoms with Gasteiger partial charge in [-0.05, 0) is 44.7 Å². The molecular weight excluding hydrogens is 354 g/mol. The molecule has 1 saturated heterocycles. The van der Waals surface area contributed by atoms with Gasteiger partial charge in [0.25, 0.3) is 0 Å². The molecule has 0 atom stereocenters. The van der Waals surface area contributed by atoms with E-state index < -0.39 is 0 Å². The zero-order valence-electron chi connectivity index (χ0n) is 17.7. The maximum absolute atomic E-state index is 5.70. The quantitative estimate of drug-likeness (QED) is 0.708. The highest BCUT2D eigenvalue weighted by Gasteiger charge is 2.28. The van der Waals surface area contributed by atoms with Crippen molar-refractivity contribution in [3.8, 4) is 5.88 Å². The highest BCUT2D eigenvalue weighted by molar-refractivity contribution is 5.67. The molecule has 0 spiro atoms. The number of hydrogen-bond donors (Lipinski definition) is 2. The zero-order chi connectivity index (χ0) is 20.1. The fraction of sp³-hybridized carbons (Fsp3) is 0.571. The molecule has 154 valence electrons. The van der Waals surface area contributed by atoms with Gasteiger partial charge in [-0.3, -0.25) is 4.90 Å². The number of methoxy groups -OCH3 is 2. The van der Waals surface area contributed by atoms with Crippen LogP contribution in [0.5, 0.6) is 5.88 Å². The van der Waals surface area contributed by atoms with Gasteiger partial charge in [-0.1, -0.05) is 13.8 Å². The van der Waals surface area contributed by atoms with Crippen molar-refractivity contribution in [2.24, 2.45) is 0 Å². The Balaban J connectivity index is 2.00. The summed E-state index contributed by atoms with van der Waals surface area (Å²) in [6, 6.07) is 4.52. The fourth-order valence-electron chi connectivity index (χ4n) is 3.73.